The Hall–Kier alpha value is -0.255. The van der Waals surface area contributed by atoms with Gasteiger partial charge in [0, 0.05) is 6.54 Å². The molecule has 0 unspecified atom stereocenters. The van der Waals surface area contributed by atoms with Gasteiger partial charge in [-0.2, -0.15) is 0 Å². The molecule has 1 aromatic carbocycles. The standard InChI is InChI=1S/C14H22BNO2.2ClH/c1-10-8-12(7-6-11(10)9-16)15-17-13(2,3)14(4,5)18-15;;/h6-8H,9,16H2,1-5H3;2*1H. The third-order valence-electron chi connectivity index (χ3n) is 4.11. The molecule has 0 aliphatic carbocycles. The Balaban J connectivity index is 0.00000180. The van der Waals surface area contributed by atoms with Crippen LogP contribution in [0.5, 0.6) is 0 Å². The molecule has 0 aromatic heterocycles. The number of hydrogen-bond donors (Lipinski definition) is 1. The van der Waals surface area contributed by atoms with Crippen LogP contribution in [0.25, 0.3) is 0 Å². The third-order valence-corrected chi connectivity index (χ3v) is 4.11. The lowest BCUT2D eigenvalue weighted by Gasteiger charge is -2.32. The number of halogens is 2. The summed E-state index contributed by atoms with van der Waals surface area (Å²) in [5.74, 6) is 0. The Morgan fingerprint density at radius 3 is 1.95 bits per heavy atom. The van der Waals surface area contributed by atoms with Gasteiger partial charge < -0.3 is 15.0 Å². The van der Waals surface area contributed by atoms with Gasteiger partial charge in [0.2, 0.25) is 0 Å². The average molecular weight is 320 g/mol. The maximum absolute atomic E-state index is 6.03. The molecule has 114 valence electrons. The highest BCUT2D eigenvalue weighted by Crippen LogP contribution is 2.36. The highest BCUT2D eigenvalue weighted by molar-refractivity contribution is 6.62. The summed E-state index contributed by atoms with van der Waals surface area (Å²) in [6.07, 6.45) is 0. The van der Waals surface area contributed by atoms with E-state index in [4.69, 9.17) is 15.0 Å². The Morgan fingerprint density at radius 2 is 1.55 bits per heavy atom. The first-order valence-electron chi connectivity index (χ1n) is 6.42. The summed E-state index contributed by atoms with van der Waals surface area (Å²) < 4.78 is 12.1. The summed E-state index contributed by atoms with van der Waals surface area (Å²) in [4.78, 5) is 0. The number of hydrogen-bond acceptors (Lipinski definition) is 3. The van der Waals surface area contributed by atoms with Gasteiger partial charge in [0.05, 0.1) is 11.2 Å². The van der Waals surface area contributed by atoms with Crippen LogP contribution in [0, 0.1) is 6.92 Å². The molecule has 1 saturated heterocycles. The summed E-state index contributed by atoms with van der Waals surface area (Å²) in [5, 5.41) is 0. The van der Waals surface area contributed by atoms with E-state index < -0.39 is 0 Å². The summed E-state index contributed by atoms with van der Waals surface area (Å²) in [7, 11) is -0.291. The predicted octanol–water partition coefficient (Wildman–Crippen LogP) is 2.60. The van der Waals surface area contributed by atoms with Crippen LogP contribution < -0.4 is 11.2 Å². The first-order valence-corrected chi connectivity index (χ1v) is 6.42. The highest BCUT2D eigenvalue weighted by Gasteiger charge is 2.51. The van der Waals surface area contributed by atoms with Gasteiger partial charge in [-0.3, -0.25) is 0 Å². The Morgan fingerprint density at radius 1 is 1.05 bits per heavy atom. The zero-order valence-corrected chi connectivity index (χ0v) is 14.4. The second-order valence-electron chi connectivity index (χ2n) is 5.98. The monoisotopic (exact) mass is 319 g/mol. The summed E-state index contributed by atoms with van der Waals surface area (Å²) in [6, 6.07) is 6.19. The van der Waals surface area contributed by atoms with Crippen molar-refractivity contribution in [3.63, 3.8) is 0 Å². The normalized spacial score (nSPS) is 19.2. The van der Waals surface area contributed by atoms with Crippen molar-refractivity contribution < 1.29 is 9.31 Å². The summed E-state index contributed by atoms with van der Waals surface area (Å²) >= 11 is 0. The van der Waals surface area contributed by atoms with Crippen LogP contribution in [-0.4, -0.2) is 18.3 Å². The molecule has 0 spiro atoms. The topological polar surface area (TPSA) is 44.5 Å². The Kier molecular flexibility index (Phi) is 6.59. The van der Waals surface area contributed by atoms with E-state index in [9.17, 15) is 0 Å². The highest BCUT2D eigenvalue weighted by atomic mass is 35.5. The fourth-order valence-electron chi connectivity index (χ4n) is 2.07. The van der Waals surface area contributed by atoms with E-state index >= 15 is 0 Å². The van der Waals surface area contributed by atoms with Crippen molar-refractivity contribution in [2.24, 2.45) is 5.73 Å². The first kappa shape index (κ1) is 19.7. The van der Waals surface area contributed by atoms with Gasteiger partial charge in [0.25, 0.3) is 0 Å². The van der Waals surface area contributed by atoms with Gasteiger partial charge in [0.15, 0.2) is 0 Å². The zero-order chi connectivity index (χ0) is 13.6. The molecule has 1 fully saturated rings. The van der Waals surface area contributed by atoms with Crippen molar-refractivity contribution in [2.45, 2.75) is 52.4 Å². The van der Waals surface area contributed by atoms with E-state index in [1.165, 1.54) is 5.56 Å². The number of aryl methyl sites for hydroxylation is 1. The van der Waals surface area contributed by atoms with Crippen molar-refractivity contribution in [2.75, 3.05) is 0 Å². The average Bonchev–Trinajstić information content (AvgIpc) is 2.48. The molecule has 0 bridgehead atoms. The lowest BCUT2D eigenvalue weighted by molar-refractivity contribution is 0.00578. The minimum atomic E-state index is -0.294. The van der Waals surface area contributed by atoms with Gasteiger partial charge in [0.1, 0.15) is 0 Å². The van der Waals surface area contributed by atoms with Crippen LogP contribution in [0.2, 0.25) is 0 Å². The Bertz CT molecular complexity index is 450. The SMILES string of the molecule is Cc1cc(B2OC(C)(C)C(C)(C)O2)ccc1CN.Cl.Cl. The lowest BCUT2D eigenvalue weighted by Crippen LogP contribution is -2.41. The molecule has 1 aliphatic rings. The summed E-state index contributed by atoms with van der Waals surface area (Å²) in [5.41, 5.74) is 8.50. The van der Waals surface area contributed by atoms with E-state index in [1.807, 2.05) is 6.07 Å². The fraction of sp³-hybridized carbons (Fsp3) is 0.571. The predicted molar refractivity (Wildman–Crippen MR) is 89.3 cm³/mol. The van der Waals surface area contributed by atoms with Crippen molar-refractivity contribution >= 4 is 37.4 Å². The van der Waals surface area contributed by atoms with E-state index in [-0.39, 0.29) is 43.1 Å². The molecular weight excluding hydrogens is 296 g/mol. The minimum absolute atomic E-state index is 0. The van der Waals surface area contributed by atoms with Crippen LogP contribution in [0.1, 0.15) is 38.8 Å². The number of nitrogens with two attached hydrogens (primary N) is 1. The zero-order valence-electron chi connectivity index (χ0n) is 12.7. The second-order valence-corrected chi connectivity index (χ2v) is 5.98. The van der Waals surface area contributed by atoms with E-state index in [1.54, 1.807) is 0 Å². The second kappa shape index (κ2) is 6.67. The van der Waals surface area contributed by atoms with Gasteiger partial charge in [-0.05, 0) is 51.2 Å². The van der Waals surface area contributed by atoms with E-state index in [0.29, 0.717) is 6.54 Å². The molecule has 1 aliphatic heterocycles. The van der Waals surface area contributed by atoms with Gasteiger partial charge in [-0.15, -0.1) is 24.8 Å². The first-order chi connectivity index (χ1) is 8.27. The third kappa shape index (κ3) is 3.49. The Labute approximate surface area is 134 Å². The molecular formula is C14H24BCl2NO2. The van der Waals surface area contributed by atoms with Crippen molar-refractivity contribution in [3.8, 4) is 0 Å². The summed E-state index contributed by atoms with van der Waals surface area (Å²) in [6.45, 7) is 10.9. The van der Waals surface area contributed by atoms with Gasteiger partial charge >= 0.3 is 7.12 Å². The molecule has 6 heteroatoms. The smallest absolute Gasteiger partial charge is 0.399 e. The van der Waals surface area contributed by atoms with Gasteiger partial charge in [-0.25, -0.2) is 0 Å². The molecule has 1 heterocycles. The van der Waals surface area contributed by atoms with Crippen LogP contribution >= 0.6 is 24.8 Å². The van der Waals surface area contributed by atoms with Crippen LogP contribution in [0.3, 0.4) is 0 Å². The molecule has 0 atom stereocenters. The molecule has 2 rings (SSSR count). The van der Waals surface area contributed by atoms with E-state index in [2.05, 4.69) is 46.8 Å². The largest absolute Gasteiger partial charge is 0.494 e. The van der Waals surface area contributed by atoms with E-state index in [0.717, 1.165) is 11.0 Å². The van der Waals surface area contributed by atoms with Crippen molar-refractivity contribution in [1.29, 1.82) is 0 Å². The van der Waals surface area contributed by atoms with Crippen molar-refractivity contribution in [3.05, 3.63) is 29.3 Å². The van der Waals surface area contributed by atoms with Crippen LogP contribution in [0.15, 0.2) is 18.2 Å². The molecule has 20 heavy (non-hydrogen) atoms. The quantitative estimate of drug-likeness (QED) is 0.852. The number of rotatable bonds is 2. The fourth-order valence-corrected chi connectivity index (χ4v) is 2.07. The van der Waals surface area contributed by atoms with Gasteiger partial charge in [-0.1, -0.05) is 18.2 Å². The molecule has 0 amide bonds. The van der Waals surface area contributed by atoms with Crippen LogP contribution in [-0.2, 0) is 15.9 Å². The molecule has 3 nitrogen and oxygen atoms in total. The minimum Gasteiger partial charge on any atom is -0.399 e. The maximum atomic E-state index is 6.03. The maximum Gasteiger partial charge on any atom is 0.494 e. The van der Waals surface area contributed by atoms with Crippen LogP contribution in [0.4, 0.5) is 0 Å². The van der Waals surface area contributed by atoms with Crippen molar-refractivity contribution in [1.82, 2.24) is 0 Å². The lowest BCUT2D eigenvalue weighted by atomic mass is 9.78. The number of benzene rings is 1. The molecule has 1 aromatic rings. The molecule has 0 saturated carbocycles. The molecule has 0 radical (unpaired) electrons. The molecule has 2 N–H and O–H groups in total.